The zero-order valence-electron chi connectivity index (χ0n) is 9.78. The molecule has 1 unspecified atom stereocenters. The highest BCUT2D eigenvalue weighted by atomic mass is 14.2. The fraction of sp³-hybridized carbons (Fsp3) is 1.00. The minimum absolute atomic E-state index is 0.516. The Morgan fingerprint density at radius 2 is 1.58 bits per heavy atom. The molecule has 0 amide bonds. The first-order chi connectivity index (χ1) is 5.37. The Morgan fingerprint density at radius 3 is 1.83 bits per heavy atom. The minimum atomic E-state index is 0.516. The molecule has 0 saturated heterocycles. The van der Waals surface area contributed by atoms with Gasteiger partial charge in [-0.05, 0) is 30.1 Å². The summed E-state index contributed by atoms with van der Waals surface area (Å²) >= 11 is 0. The third-order valence-electron chi connectivity index (χ3n) is 2.73. The summed E-state index contributed by atoms with van der Waals surface area (Å²) in [5.41, 5.74) is 0.516. The van der Waals surface area contributed by atoms with Gasteiger partial charge in [-0.1, -0.05) is 48.0 Å². The first-order valence-corrected chi connectivity index (χ1v) is 5.37. The normalized spacial score (nSPS) is 15.2. The molecule has 0 radical (unpaired) electrons. The highest BCUT2D eigenvalue weighted by molar-refractivity contribution is 4.67. The average Bonchev–Trinajstić information content (AvgIpc) is 1.85. The molecule has 12 heavy (non-hydrogen) atoms. The van der Waals surface area contributed by atoms with Crippen LogP contribution in [-0.2, 0) is 0 Å². The van der Waals surface area contributed by atoms with Crippen LogP contribution in [-0.4, -0.2) is 0 Å². The molecule has 0 fully saturated rings. The maximum Gasteiger partial charge on any atom is -0.0383 e. The summed E-state index contributed by atoms with van der Waals surface area (Å²) in [4.78, 5) is 0. The third kappa shape index (κ3) is 5.62. The maximum atomic E-state index is 2.34. The fourth-order valence-electron chi connectivity index (χ4n) is 1.63. The molecule has 0 aromatic heterocycles. The van der Waals surface area contributed by atoms with Gasteiger partial charge in [0.2, 0.25) is 0 Å². The van der Waals surface area contributed by atoms with Gasteiger partial charge in [-0.15, -0.1) is 0 Å². The van der Waals surface area contributed by atoms with E-state index >= 15 is 0 Å². The Morgan fingerprint density at radius 1 is 1.08 bits per heavy atom. The van der Waals surface area contributed by atoms with Gasteiger partial charge in [0.05, 0.1) is 0 Å². The SMILES string of the molecule is CCC(CCC(C)(C)C)C(C)C. The quantitative estimate of drug-likeness (QED) is 0.583. The molecule has 0 spiro atoms. The first kappa shape index (κ1) is 12.0. The molecule has 0 saturated carbocycles. The van der Waals surface area contributed by atoms with Gasteiger partial charge < -0.3 is 0 Å². The molecule has 0 aliphatic carbocycles. The largest absolute Gasteiger partial charge is 0.0651 e. The van der Waals surface area contributed by atoms with Gasteiger partial charge in [-0.3, -0.25) is 0 Å². The van der Waals surface area contributed by atoms with E-state index in [1.165, 1.54) is 19.3 Å². The first-order valence-electron chi connectivity index (χ1n) is 5.37. The lowest BCUT2D eigenvalue weighted by Crippen LogP contribution is -2.12. The van der Waals surface area contributed by atoms with Crippen molar-refractivity contribution in [3.63, 3.8) is 0 Å². The van der Waals surface area contributed by atoms with E-state index in [0.717, 1.165) is 11.8 Å². The zero-order chi connectivity index (χ0) is 9.78. The highest BCUT2D eigenvalue weighted by Gasteiger charge is 2.16. The monoisotopic (exact) mass is 170 g/mol. The molecule has 0 aromatic carbocycles. The Kier molecular flexibility index (Phi) is 4.89. The van der Waals surface area contributed by atoms with Crippen LogP contribution in [0.15, 0.2) is 0 Å². The molecular formula is C12H26. The van der Waals surface area contributed by atoms with Crippen molar-refractivity contribution >= 4 is 0 Å². The van der Waals surface area contributed by atoms with Crippen molar-refractivity contribution in [3.05, 3.63) is 0 Å². The Labute approximate surface area is 78.8 Å². The van der Waals surface area contributed by atoms with Crippen LogP contribution in [0.4, 0.5) is 0 Å². The molecule has 0 aliphatic heterocycles. The summed E-state index contributed by atoms with van der Waals surface area (Å²) in [6, 6.07) is 0. The molecule has 0 heteroatoms. The number of hydrogen-bond acceptors (Lipinski definition) is 0. The molecule has 0 bridgehead atoms. The Hall–Kier alpha value is 0. The Bertz CT molecular complexity index is 106. The molecular weight excluding hydrogens is 144 g/mol. The van der Waals surface area contributed by atoms with Crippen molar-refractivity contribution in [2.45, 2.75) is 60.8 Å². The van der Waals surface area contributed by atoms with Crippen molar-refractivity contribution in [2.24, 2.45) is 17.3 Å². The number of hydrogen-bond donors (Lipinski definition) is 0. The van der Waals surface area contributed by atoms with Crippen molar-refractivity contribution in [1.29, 1.82) is 0 Å². The van der Waals surface area contributed by atoms with Gasteiger partial charge in [0, 0.05) is 0 Å². The van der Waals surface area contributed by atoms with E-state index in [2.05, 4.69) is 41.5 Å². The van der Waals surface area contributed by atoms with E-state index in [9.17, 15) is 0 Å². The summed E-state index contributed by atoms with van der Waals surface area (Å²) in [5, 5.41) is 0. The molecule has 0 nitrogen and oxygen atoms in total. The van der Waals surface area contributed by atoms with E-state index in [-0.39, 0.29) is 0 Å². The van der Waals surface area contributed by atoms with E-state index in [1.54, 1.807) is 0 Å². The third-order valence-corrected chi connectivity index (χ3v) is 2.73. The highest BCUT2D eigenvalue weighted by Crippen LogP contribution is 2.28. The molecule has 0 aliphatic rings. The van der Waals surface area contributed by atoms with Crippen LogP contribution in [0.25, 0.3) is 0 Å². The average molecular weight is 170 g/mol. The second-order valence-electron chi connectivity index (χ2n) is 5.51. The van der Waals surface area contributed by atoms with Crippen molar-refractivity contribution in [2.75, 3.05) is 0 Å². The topological polar surface area (TPSA) is 0 Å². The van der Waals surface area contributed by atoms with Gasteiger partial charge in [-0.25, -0.2) is 0 Å². The summed E-state index contributed by atoms with van der Waals surface area (Å²) in [6.07, 6.45) is 4.11. The van der Waals surface area contributed by atoms with Crippen molar-refractivity contribution in [1.82, 2.24) is 0 Å². The van der Waals surface area contributed by atoms with Crippen LogP contribution in [0.1, 0.15) is 60.8 Å². The smallest absolute Gasteiger partial charge is 0.0383 e. The molecule has 74 valence electrons. The van der Waals surface area contributed by atoms with Crippen LogP contribution in [0.3, 0.4) is 0 Å². The van der Waals surface area contributed by atoms with E-state index in [0.29, 0.717) is 5.41 Å². The standard InChI is InChI=1S/C12H26/c1-7-11(10(2)3)8-9-12(4,5)6/h10-11H,7-9H2,1-6H3. The number of rotatable bonds is 4. The van der Waals surface area contributed by atoms with E-state index in [1.807, 2.05) is 0 Å². The van der Waals surface area contributed by atoms with Crippen molar-refractivity contribution < 1.29 is 0 Å². The lowest BCUT2D eigenvalue weighted by Gasteiger charge is -2.24. The lowest BCUT2D eigenvalue weighted by atomic mass is 9.82. The Balaban J connectivity index is 3.73. The summed E-state index contributed by atoms with van der Waals surface area (Å²) in [5.74, 6) is 1.79. The van der Waals surface area contributed by atoms with Crippen molar-refractivity contribution in [3.8, 4) is 0 Å². The molecule has 0 N–H and O–H groups in total. The molecule has 1 atom stereocenters. The molecule has 0 rings (SSSR count). The van der Waals surface area contributed by atoms with E-state index < -0.39 is 0 Å². The minimum Gasteiger partial charge on any atom is -0.0651 e. The predicted molar refractivity (Wildman–Crippen MR) is 57.3 cm³/mol. The second kappa shape index (κ2) is 4.89. The molecule has 0 heterocycles. The van der Waals surface area contributed by atoms with Gasteiger partial charge in [0.15, 0.2) is 0 Å². The van der Waals surface area contributed by atoms with Gasteiger partial charge in [0.1, 0.15) is 0 Å². The van der Waals surface area contributed by atoms with Gasteiger partial charge in [-0.2, -0.15) is 0 Å². The van der Waals surface area contributed by atoms with E-state index in [4.69, 9.17) is 0 Å². The second-order valence-corrected chi connectivity index (χ2v) is 5.51. The maximum absolute atomic E-state index is 2.34. The van der Waals surface area contributed by atoms with Crippen LogP contribution in [0.5, 0.6) is 0 Å². The summed E-state index contributed by atoms with van der Waals surface area (Å²) in [7, 11) is 0. The fourth-order valence-corrected chi connectivity index (χ4v) is 1.63. The van der Waals surface area contributed by atoms with Gasteiger partial charge in [0.25, 0.3) is 0 Å². The van der Waals surface area contributed by atoms with Crippen LogP contribution in [0.2, 0.25) is 0 Å². The predicted octanol–water partition coefficient (Wildman–Crippen LogP) is 4.49. The summed E-state index contributed by atoms with van der Waals surface area (Å²) in [6.45, 7) is 14.0. The van der Waals surface area contributed by atoms with Crippen LogP contribution < -0.4 is 0 Å². The zero-order valence-corrected chi connectivity index (χ0v) is 9.78. The van der Waals surface area contributed by atoms with Gasteiger partial charge >= 0.3 is 0 Å². The summed E-state index contributed by atoms with van der Waals surface area (Å²) < 4.78 is 0. The molecule has 0 aromatic rings. The van der Waals surface area contributed by atoms with Crippen LogP contribution in [0, 0.1) is 17.3 Å². The lowest BCUT2D eigenvalue weighted by molar-refractivity contribution is 0.274. The van der Waals surface area contributed by atoms with Crippen LogP contribution >= 0.6 is 0 Å².